The van der Waals surface area contributed by atoms with E-state index in [1.54, 1.807) is 7.11 Å². The van der Waals surface area contributed by atoms with Gasteiger partial charge in [0.25, 0.3) is 0 Å². The molecule has 0 bridgehead atoms. The van der Waals surface area contributed by atoms with Crippen LogP contribution in [0.4, 0.5) is 0 Å². The van der Waals surface area contributed by atoms with Gasteiger partial charge in [-0.1, -0.05) is 18.6 Å². The van der Waals surface area contributed by atoms with Gasteiger partial charge in [0.2, 0.25) is 0 Å². The second kappa shape index (κ2) is 6.19. The van der Waals surface area contributed by atoms with Crippen molar-refractivity contribution in [2.45, 2.75) is 39.2 Å². The van der Waals surface area contributed by atoms with E-state index in [-0.39, 0.29) is 0 Å². The Kier molecular flexibility index (Phi) is 4.27. The second-order valence-electron chi connectivity index (χ2n) is 6.73. The molecule has 1 aromatic rings. The lowest BCUT2D eigenvalue weighted by Crippen LogP contribution is -2.42. The summed E-state index contributed by atoms with van der Waals surface area (Å²) in [6, 6.07) is 6.33. The van der Waals surface area contributed by atoms with E-state index in [4.69, 9.17) is 4.74 Å². The second-order valence-corrected chi connectivity index (χ2v) is 6.73. The number of guanidine groups is 1. The number of hydrogen-bond donors (Lipinski definition) is 1. The number of hydrogen-bond acceptors (Lipinski definition) is 2. The standard InChI is InChI=1S/C18H27N3O/c1-14-11-15(5-6-16(14)22-3)12-20-17(19-2)21-10-9-18(13-21)7-4-8-18/h5-6,11H,4,7-10,12-13H2,1-3H3,(H,19,20). The van der Waals surface area contributed by atoms with Crippen LogP contribution in [0.1, 0.15) is 36.8 Å². The van der Waals surface area contributed by atoms with Gasteiger partial charge in [0.1, 0.15) is 5.75 Å². The Morgan fingerprint density at radius 3 is 2.73 bits per heavy atom. The molecule has 0 atom stereocenters. The minimum absolute atomic E-state index is 0.605. The van der Waals surface area contributed by atoms with Crippen LogP contribution in [0.5, 0.6) is 5.75 Å². The molecule has 1 aliphatic heterocycles. The van der Waals surface area contributed by atoms with Crippen LogP contribution in [0.25, 0.3) is 0 Å². The van der Waals surface area contributed by atoms with Crippen molar-refractivity contribution in [2.24, 2.45) is 10.4 Å². The Bertz CT molecular complexity index is 563. The van der Waals surface area contributed by atoms with Gasteiger partial charge in [-0.05, 0) is 48.8 Å². The summed E-state index contributed by atoms with van der Waals surface area (Å²) in [5, 5.41) is 3.51. The van der Waals surface area contributed by atoms with Crippen molar-refractivity contribution in [3.05, 3.63) is 29.3 Å². The molecule has 1 spiro atoms. The minimum atomic E-state index is 0.605. The number of nitrogens with zero attached hydrogens (tertiary/aromatic N) is 2. The average Bonchev–Trinajstić information content (AvgIpc) is 2.94. The van der Waals surface area contributed by atoms with Crippen molar-refractivity contribution in [2.75, 3.05) is 27.2 Å². The Morgan fingerprint density at radius 1 is 1.36 bits per heavy atom. The highest BCUT2D eigenvalue weighted by molar-refractivity contribution is 5.80. The summed E-state index contributed by atoms with van der Waals surface area (Å²) in [7, 11) is 3.60. The molecule has 4 nitrogen and oxygen atoms in total. The van der Waals surface area contributed by atoms with Crippen LogP contribution in [0.3, 0.4) is 0 Å². The Labute approximate surface area is 133 Å². The van der Waals surface area contributed by atoms with Crippen LogP contribution < -0.4 is 10.1 Å². The summed E-state index contributed by atoms with van der Waals surface area (Å²) in [6.07, 6.45) is 5.54. The fourth-order valence-corrected chi connectivity index (χ4v) is 3.76. The summed E-state index contributed by atoms with van der Waals surface area (Å²) in [6.45, 7) is 5.20. The van der Waals surface area contributed by atoms with Crippen molar-refractivity contribution < 1.29 is 4.74 Å². The molecule has 1 N–H and O–H groups in total. The molecule has 1 heterocycles. The zero-order chi connectivity index (χ0) is 15.6. The molecule has 1 aliphatic carbocycles. The third-order valence-corrected chi connectivity index (χ3v) is 5.27. The topological polar surface area (TPSA) is 36.9 Å². The SMILES string of the molecule is CN=C(NCc1ccc(OC)c(C)c1)N1CCC2(CCC2)C1. The monoisotopic (exact) mass is 301 g/mol. The molecule has 2 fully saturated rings. The molecule has 1 aromatic carbocycles. The first-order valence-electron chi connectivity index (χ1n) is 8.25. The van der Waals surface area contributed by atoms with Crippen LogP contribution >= 0.6 is 0 Å². The zero-order valence-electron chi connectivity index (χ0n) is 14.0. The minimum Gasteiger partial charge on any atom is -0.496 e. The first kappa shape index (κ1) is 15.2. The van der Waals surface area contributed by atoms with E-state index in [0.29, 0.717) is 5.41 Å². The van der Waals surface area contributed by atoms with Gasteiger partial charge in [0.15, 0.2) is 5.96 Å². The zero-order valence-corrected chi connectivity index (χ0v) is 14.0. The predicted molar refractivity (Wildman–Crippen MR) is 90.4 cm³/mol. The quantitative estimate of drug-likeness (QED) is 0.689. The maximum Gasteiger partial charge on any atom is 0.193 e. The average molecular weight is 301 g/mol. The molecule has 1 saturated carbocycles. The number of aryl methyl sites for hydroxylation is 1. The van der Waals surface area contributed by atoms with E-state index >= 15 is 0 Å². The van der Waals surface area contributed by atoms with Gasteiger partial charge in [-0.3, -0.25) is 4.99 Å². The fourth-order valence-electron chi connectivity index (χ4n) is 3.76. The highest BCUT2D eigenvalue weighted by Crippen LogP contribution is 2.47. The van der Waals surface area contributed by atoms with Gasteiger partial charge in [-0.25, -0.2) is 0 Å². The highest BCUT2D eigenvalue weighted by atomic mass is 16.5. The van der Waals surface area contributed by atoms with Crippen LogP contribution in [-0.4, -0.2) is 38.1 Å². The van der Waals surface area contributed by atoms with E-state index in [1.165, 1.54) is 43.4 Å². The number of nitrogens with one attached hydrogen (secondary N) is 1. The summed E-state index contributed by atoms with van der Waals surface area (Å²) in [5.74, 6) is 1.98. The maximum absolute atomic E-state index is 5.32. The van der Waals surface area contributed by atoms with Gasteiger partial charge >= 0.3 is 0 Å². The number of methoxy groups -OCH3 is 1. The lowest BCUT2D eigenvalue weighted by Gasteiger charge is -2.38. The summed E-state index contributed by atoms with van der Waals surface area (Å²) >= 11 is 0. The van der Waals surface area contributed by atoms with E-state index in [1.807, 2.05) is 13.1 Å². The molecule has 0 aromatic heterocycles. The van der Waals surface area contributed by atoms with E-state index in [9.17, 15) is 0 Å². The maximum atomic E-state index is 5.32. The lowest BCUT2D eigenvalue weighted by atomic mass is 9.68. The normalized spacial score (nSPS) is 20.1. The Hall–Kier alpha value is -1.71. The Balaban J connectivity index is 1.58. The molecule has 1 saturated heterocycles. The van der Waals surface area contributed by atoms with Gasteiger partial charge in [-0.2, -0.15) is 0 Å². The number of likely N-dealkylation sites (tertiary alicyclic amines) is 1. The van der Waals surface area contributed by atoms with Crippen molar-refractivity contribution in [3.8, 4) is 5.75 Å². The third-order valence-electron chi connectivity index (χ3n) is 5.27. The molecule has 4 heteroatoms. The summed E-state index contributed by atoms with van der Waals surface area (Å²) < 4.78 is 5.32. The fraction of sp³-hybridized carbons (Fsp3) is 0.611. The van der Waals surface area contributed by atoms with Crippen molar-refractivity contribution >= 4 is 5.96 Å². The lowest BCUT2D eigenvalue weighted by molar-refractivity contribution is 0.151. The van der Waals surface area contributed by atoms with Crippen molar-refractivity contribution in [1.29, 1.82) is 0 Å². The van der Waals surface area contributed by atoms with E-state index < -0.39 is 0 Å². The van der Waals surface area contributed by atoms with Crippen molar-refractivity contribution in [1.82, 2.24) is 10.2 Å². The molecular formula is C18H27N3O. The van der Waals surface area contributed by atoms with Gasteiger partial charge in [0.05, 0.1) is 7.11 Å². The predicted octanol–water partition coefficient (Wildman–Crippen LogP) is 2.96. The molecule has 0 radical (unpaired) electrons. The van der Waals surface area contributed by atoms with Gasteiger partial charge in [0, 0.05) is 26.7 Å². The number of rotatable bonds is 3. The largest absolute Gasteiger partial charge is 0.496 e. The third kappa shape index (κ3) is 2.92. The molecule has 120 valence electrons. The number of ether oxygens (including phenoxy) is 1. The van der Waals surface area contributed by atoms with Crippen LogP contribution in [0.2, 0.25) is 0 Å². The van der Waals surface area contributed by atoms with Crippen LogP contribution in [0.15, 0.2) is 23.2 Å². The van der Waals surface area contributed by atoms with Crippen LogP contribution in [-0.2, 0) is 6.54 Å². The summed E-state index contributed by atoms with van der Waals surface area (Å²) in [4.78, 5) is 6.90. The first-order valence-corrected chi connectivity index (χ1v) is 8.25. The van der Waals surface area contributed by atoms with E-state index in [2.05, 4.69) is 34.3 Å². The molecular weight excluding hydrogens is 274 g/mol. The highest BCUT2D eigenvalue weighted by Gasteiger charge is 2.43. The van der Waals surface area contributed by atoms with Crippen molar-refractivity contribution in [3.63, 3.8) is 0 Å². The van der Waals surface area contributed by atoms with Crippen LogP contribution in [0, 0.1) is 12.3 Å². The molecule has 22 heavy (non-hydrogen) atoms. The Morgan fingerprint density at radius 2 is 2.18 bits per heavy atom. The van der Waals surface area contributed by atoms with E-state index in [0.717, 1.165) is 24.8 Å². The molecule has 3 rings (SSSR count). The van der Waals surface area contributed by atoms with Gasteiger partial charge < -0.3 is 15.0 Å². The first-order chi connectivity index (χ1) is 10.7. The van der Waals surface area contributed by atoms with Gasteiger partial charge in [-0.15, -0.1) is 0 Å². The number of aliphatic imine (C=N–C) groups is 1. The molecule has 2 aliphatic rings. The smallest absolute Gasteiger partial charge is 0.193 e. The number of benzene rings is 1. The summed E-state index contributed by atoms with van der Waals surface area (Å²) in [5.41, 5.74) is 3.04. The molecule has 0 amide bonds. The molecule has 0 unspecified atom stereocenters.